The van der Waals surface area contributed by atoms with Gasteiger partial charge < -0.3 is 14.2 Å². The first-order chi connectivity index (χ1) is 13.4. The molecule has 5 rings (SSSR count). The molecule has 0 atom stereocenters. The van der Waals surface area contributed by atoms with Crippen molar-refractivity contribution in [3.8, 4) is 11.5 Å². The van der Waals surface area contributed by atoms with Gasteiger partial charge in [-0.15, -0.1) is 0 Å². The van der Waals surface area contributed by atoms with Gasteiger partial charge in [0.2, 0.25) is 0 Å². The predicted octanol–water partition coefficient (Wildman–Crippen LogP) is 4.49. The third-order valence-electron chi connectivity index (χ3n) is 5.30. The number of aromatic carboxylic acids is 1. The zero-order valence-corrected chi connectivity index (χ0v) is 15.7. The highest BCUT2D eigenvalue weighted by atomic mass is 35.5. The first-order valence-electron chi connectivity index (χ1n) is 8.97. The lowest BCUT2D eigenvalue weighted by Crippen LogP contribution is -2.05. The Kier molecular flexibility index (Phi) is 3.71. The van der Waals surface area contributed by atoms with E-state index < -0.39 is 11.8 Å². The number of hydrogen-bond acceptors (Lipinski definition) is 3. The zero-order chi connectivity index (χ0) is 19.6. The number of carboxylic acid groups (broad SMARTS) is 1. The van der Waals surface area contributed by atoms with E-state index in [1.54, 1.807) is 17.8 Å². The van der Waals surface area contributed by atoms with E-state index in [9.17, 15) is 14.3 Å². The standard InChI is InChI=1S/C20H16ClFN4O2/c1-25-17-13(22)6-12(20(27)28)7-14(17)24-19(25)15-8-11-4-5-23-18(21)16(11)26(15)9-10-2-3-10/h4-8,10H,2-3,9H2,1H3,(H,27,28). The molecule has 1 fully saturated rings. The average molecular weight is 399 g/mol. The van der Waals surface area contributed by atoms with Crippen LogP contribution in [0.2, 0.25) is 5.15 Å². The molecule has 142 valence electrons. The lowest BCUT2D eigenvalue weighted by Gasteiger charge is -2.11. The van der Waals surface area contributed by atoms with Crippen molar-refractivity contribution in [3.05, 3.63) is 47.0 Å². The normalized spacial score (nSPS) is 14.2. The van der Waals surface area contributed by atoms with Gasteiger partial charge in [-0.25, -0.2) is 19.2 Å². The van der Waals surface area contributed by atoms with Crippen LogP contribution >= 0.6 is 11.6 Å². The molecule has 3 aromatic heterocycles. The highest BCUT2D eigenvalue weighted by Gasteiger charge is 2.27. The second-order valence-corrected chi connectivity index (χ2v) is 7.61. The Balaban J connectivity index is 1.79. The van der Waals surface area contributed by atoms with Crippen molar-refractivity contribution in [2.24, 2.45) is 13.0 Å². The van der Waals surface area contributed by atoms with E-state index in [0.29, 0.717) is 22.4 Å². The number of aryl methyl sites for hydroxylation is 1. The number of pyridine rings is 1. The molecule has 0 spiro atoms. The third-order valence-corrected chi connectivity index (χ3v) is 5.58. The molecule has 8 heteroatoms. The molecule has 0 saturated heterocycles. The van der Waals surface area contributed by atoms with E-state index >= 15 is 0 Å². The number of halogens is 2. The fourth-order valence-corrected chi connectivity index (χ4v) is 4.02. The number of benzene rings is 1. The molecule has 0 bridgehead atoms. The van der Waals surface area contributed by atoms with Crippen LogP contribution in [0.1, 0.15) is 23.2 Å². The number of carboxylic acids is 1. The van der Waals surface area contributed by atoms with Crippen LogP contribution in [-0.2, 0) is 13.6 Å². The number of fused-ring (bicyclic) bond motifs is 2. The second-order valence-electron chi connectivity index (χ2n) is 7.25. The van der Waals surface area contributed by atoms with Gasteiger partial charge >= 0.3 is 5.97 Å². The summed E-state index contributed by atoms with van der Waals surface area (Å²) in [6.07, 6.45) is 3.98. The maximum absolute atomic E-state index is 14.6. The van der Waals surface area contributed by atoms with Gasteiger partial charge in [0, 0.05) is 25.2 Å². The minimum Gasteiger partial charge on any atom is -0.478 e. The largest absolute Gasteiger partial charge is 0.478 e. The van der Waals surface area contributed by atoms with Crippen LogP contribution in [0.3, 0.4) is 0 Å². The molecule has 0 aliphatic heterocycles. The molecule has 3 heterocycles. The first kappa shape index (κ1) is 17.2. The smallest absolute Gasteiger partial charge is 0.335 e. The molecular weight excluding hydrogens is 383 g/mol. The molecule has 1 saturated carbocycles. The molecule has 1 aliphatic rings. The van der Waals surface area contributed by atoms with Crippen LogP contribution < -0.4 is 0 Å². The highest BCUT2D eigenvalue weighted by molar-refractivity contribution is 6.34. The van der Waals surface area contributed by atoms with Gasteiger partial charge in [0.25, 0.3) is 0 Å². The van der Waals surface area contributed by atoms with Gasteiger partial charge in [-0.3, -0.25) is 0 Å². The van der Waals surface area contributed by atoms with Crippen molar-refractivity contribution in [1.29, 1.82) is 0 Å². The van der Waals surface area contributed by atoms with Crippen molar-refractivity contribution < 1.29 is 14.3 Å². The summed E-state index contributed by atoms with van der Waals surface area (Å²) in [6, 6.07) is 6.28. The lowest BCUT2D eigenvalue weighted by atomic mass is 10.2. The van der Waals surface area contributed by atoms with Crippen LogP contribution in [0.15, 0.2) is 30.5 Å². The van der Waals surface area contributed by atoms with Gasteiger partial charge in [-0.05, 0) is 43.0 Å². The van der Waals surface area contributed by atoms with Gasteiger partial charge in [0.1, 0.15) is 11.3 Å². The van der Waals surface area contributed by atoms with Crippen LogP contribution in [-0.4, -0.2) is 30.2 Å². The average Bonchev–Trinajstić information content (AvgIpc) is 3.30. The van der Waals surface area contributed by atoms with E-state index in [1.165, 1.54) is 6.07 Å². The topological polar surface area (TPSA) is 72.9 Å². The minimum atomic E-state index is -1.19. The summed E-state index contributed by atoms with van der Waals surface area (Å²) in [5.74, 6) is -0.658. The van der Waals surface area contributed by atoms with Crippen molar-refractivity contribution in [2.45, 2.75) is 19.4 Å². The molecule has 1 aromatic carbocycles. The summed E-state index contributed by atoms with van der Waals surface area (Å²) in [6.45, 7) is 0.788. The van der Waals surface area contributed by atoms with Crippen molar-refractivity contribution >= 4 is 39.5 Å². The Morgan fingerprint density at radius 3 is 2.82 bits per heavy atom. The number of aromatic nitrogens is 4. The molecule has 1 N–H and O–H groups in total. The Morgan fingerprint density at radius 1 is 1.32 bits per heavy atom. The molecular formula is C20H16ClFN4O2. The number of nitrogens with zero attached hydrogens (tertiary/aromatic N) is 4. The number of hydrogen-bond donors (Lipinski definition) is 1. The Hall–Kier alpha value is -2.93. The lowest BCUT2D eigenvalue weighted by molar-refractivity contribution is 0.0696. The molecule has 0 amide bonds. The van der Waals surface area contributed by atoms with Crippen molar-refractivity contribution in [1.82, 2.24) is 19.1 Å². The van der Waals surface area contributed by atoms with Crippen LogP contribution in [0, 0.1) is 11.7 Å². The SMILES string of the molecule is Cn1c(-c2cc3ccnc(Cl)c3n2CC2CC2)nc2cc(C(=O)O)cc(F)c21. The molecule has 0 unspecified atom stereocenters. The molecule has 28 heavy (non-hydrogen) atoms. The van der Waals surface area contributed by atoms with E-state index in [0.717, 1.165) is 42.0 Å². The molecule has 1 aliphatic carbocycles. The van der Waals surface area contributed by atoms with Gasteiger partial charge in [0.15, 0.2) is 11.0 Å². The van der Waals surface area contributed by atoms with Crippen molar-refractivity contribution in [2.75, 3.05) is 0 Å². The van der Waals surface area contributed by atoms with Gasteiger partial charge in [0.05, 0.1) is 22.3 Å². The van der Waals surface area contributed by atoms with E-state index in [2.05, 4.69) is 14.5 Å². The summed E-state index contributed by atoms with van der Waals surface area (Å²) < 4.78 is 18.4. The van der Waals surface area contributed by atoms with E-state index in [4.69, 9.17) is 11.6 Å². The number of rotatable bonds is 4. The van der Waals surface area contributed by atoms with E-state index in [-0.39, 0.29) is 11.1 Å². The van der Waals surface area contributed by atoms with Gasteiger partial charge in [-0.2, -0.15) is 0 Å². The predicted molar refractivity (Wildman–Crippen MR) is 104 cm³/mol. The van der Waals surface area contributed by atoms with Crippen LogP contribution in [0.25, 0.3) is 33.5 Å². The zero-order valence-electron chi connectivity index (χ0n) is 15.0. The highest BCUT2D eigenvalue weighted by Crippen LogP contribution is 2.38. The van der Waals surface area contributed by atoms with E-state index in [1.807, 2.05) is 12.1 Å². The fraction of sp³-hybridized carbons (Fsp3) is 0.250. The minimum absolute atomic E-state index is 0.125. The summed E-state index contributed by atoms with van der Waals surface area (Å²) in [7, 11) is 1.73. The summed E-state index contributed by atoms with van der Waals surface area (Å²) in [4.78, 5) is 20.0. The first-order valence-corrected chi connectivity index (χ1v) is 9.35. The Bertz CT molecular complexity index is 1270. The fourth-order valence-electron chi connectivity index (χ4n) is 3.75. The maximum atomic E-state index is 14.6. The summed E-state index contributed by atoms with van der Waals surface area (Å²) >= 11 is 6.38. The Morgan fingerprint density at radius 2 is 2.11 bits per heavy atom. The van der Waals surface area contributed by atoms with Gasteiger partial charge in [-0.1, -0.05) is 11.6 Å². The van der Waals surface area contributed by atoms with Crippen LogP contribution in [0.4, 0.5) is 4.39 Å². The molecule has 4 aromatic rings. The monoisotopic (exact) mass is 398 g/mol. The summed E-state index contributed by atoms with van der Waals surface area (Å²) in [5, 5.41) is 10.6. The van der Waals surface area contributed by atoms with Crippen LogP contribution in [0.5, 0.6) is 0 Å². The third kappa shape index (κ3) is 2.57. The number of carbonyl (C=O) groups is 1. The number of imidazole rings is 1. The maximum Gasteiger partial charge on any atom is 0.335 e. The van der Waals surface area contributed by atoms with Crippen molar-refractivity contribution in [3.63, 3.8) is 0 Å². The molecule has 6 nitrogen and oxygen atoms in total. The second kappa shape index (κ2) is 6.04. The summed E-state index contributed by atoms with van der Waals surface area (Å²) in [5.41, 5.74) is 2.10. The Labute approximate surface area is 164 Å². The quantitative estimate of drug-likeness (QED) is 0.514. The molecule has 0 radical (unpaired) electrons.